The van der Waals surface area contributed by atoms with E-state index in [1.54, 1.807) is 24.1 Å². The minimum Gasteiger partial charge on any atom is -0.477 e. The number of hydrogen-bond donors (Lipinski definition) is 2. The largest absolute Gasteiger partial charge is 0.477 e. The van der Waals surface area contributed by atoms with Gasteiger partial charge in [0.1, 0.15) is 5.69 Å². The van der Waals surface area contributed by atoms with E-state index in [1.165, 1.54) is 6.07 Å². The maximum Gasteiger partial charge on any atom is 0.354 e. The quantitative estimate of drug-likeness (QED) is 0.790. The van der Waals surface area contributed by atoms with E-state index in [0.29, 0.717) is 12.2 Å². The zero-order chi connectivity index (χ0) is 13.1. The monoisotopic (exact) mass is 249 g/mol. The molecule has 0 radical (unpaired) electrons. The molecule has 0 aromatic carbocycles. The highest BCUT2D eigenvalue weighted by atomic mass is 16.4. The third-order valence-corrected chi connectivity index (χ3v) is 2.98. The predicted octanol–water partition coefficient (Wildman–Crippen LogP) is 0.100. The Balaban J connectivity index is 1.96. The van der Waals surface area contributed by atoms with Gasteiger partial charge in [0.25, 0.3) is 0 Å². The fourth-order valence-corrected chi connectivity index (χ4v) is 1.94. The molecule has 1 aliphatic heterocycles. The minimum absolute atomic E-state index is 0.0177. The molecule has 0 saturated carbocycles. The van der Waals surface area contributed by atoms with Gasteiger partial charge in [0.05, 0.1) is 11.7 Å². The smallest absolute Gasteiger partial charge is 0.354 e. The fourth-order valence-electron chi connectivity index (χ4n) is 1.94. The SMILES string of the molecule is CN1CCC(NCc2cccc(C(=O)O)n2)C1=O. The summed E-state index contributed by atoms with van der Waals surface area (Å²) in [6.07, 6.45) is 0.772. The van der Waals surface area contributed by atoms with Gasteiger partial charge in [0.15, 0.2) is 0 Å². The lowest BCUT2D eigenvalue weighted by Crippen LogP contribution is -2.36. The molecule has 0 aliphatic carbocycles. The van der Waals surface area contributed by atoms with Gasteiger partial charge < -0.3 is 15.3 Å². The number of amides is 1. The Labute approximate surface area is 105 Å². The second-order valence-electron chi connectivity index (χ2n) is 4.30. The predicted molar refractivity (Wildman–Crippen MR) is 64.1 cm³/mol. The third-order valence-electron chi connectivity index (χ3n) is 2.98. The molecule has 1 aliphatic rings. The topological polar surface area (TPSA) is 82.5 Å². The molecule has 2 N–H and O–H groups in total. The van der Waals surface area contributed by atoms with Crippen LogP contribution in [0.2, 0.25) is 0 Å². The summed E-state index contributed by atoms with van der Waals surface area (Å²) >= 11 is 0. The average Bonchev–Trinajstić information content (AvgIpc) is 2.68. The van der Waals surface area contributed by atoms with Crippen molar-refractivity contribution in [2.75, 3.05) is 13.6 Å². The van der Waals surface area contributed by atoms with Crippen LogP contribution in [0.3, 0.4) is 0 Å². The number of pyridine rings is 1. The first-order chi connectivity index (χ1) is 8.58. The lowest BCUT2D eigenvalue weighted by atomic mass is 10.2. The van der Waals surface area contributed by atoms with Crippen molar-refractivity contribution in [1.82, 2.24) is 15.2 Å². The molecule has 18 heavy (non-hydrogen) atoms. The van der Waals surface area contributed by atoms with Crippen molar-refractivity contribution in [3.63, 3.8) is 0 Å². The number of aromatic nitrogens is 1. The zero-order valence-corrected chi connectivity index (χ0v) is 10.1. The first-order valence-electron chi connectivity index (χ1n) is 5.75. The molecule has 1 saturated heterocycles. The van der Waals surface area contributed by atoms with E-state index < -0.39 is 5.97 Å². The van der Waals surface area contributed by atoms with Crippen molar-refractivity contribution >= 4 is 11.9 Å². The molecule has 2 rings (SSSR count). The van der Waals surface area contributed by atoms with Crippen molar-refractivity contribution in [3.05, 3.63) is 29.6 Å². The Kier molecular flexibility index (Phi) is 3.57. The molecule has 0 spiro atoms. The highest BCUT2D eigenvalue weighted by Crippen LogP contribution is 2.09. The first kappa shape index (κ1) is 12.5. The maximum atomic E-state index is 11.7. The van der Waals surface area contributed by atoms with Gasteiger partial charge in [0, 0.05) is 20.1 Å². The molecule has 1 aromatic rings. The van der Waals surface area contributed by atoms with Crippen LogP contribution in [0.25, 0.3) is 0 Å². The van der Waals surface area contributed by atoms with E-state index >= 15 is 0 Å². The summed E-state index contributed by atoms with van der Waals surface area (Å²) in [4.78, 5) is 28.1. The molecule has 6 heteroatoms. The van der Waals surface area contributed by atoms with Gasteiger partial charge in [-0.3, -0.25) is 4.79 Å². The number of rotatable bonds is 4. The molecule has 0 bridgehead atoms. The molecule has 96 valence electrons. The van der Waals surface area contributed by atoms with Gasteiger partial charge in [-0.25, -0.2) is 9.78 Å². The Morgan fingerprint density at radius 2 is 2.39 bits per heavy atom. The Morgan fingerprint density at radius 3 is 3.00 bits per heavy atom. The summed E-state index contributed by atoms with van der Waals surface area (Å²) in [5.74, 6) is -0.974. The molecule has 6 nitrogen and oxygen atoms in total. The number of nitrogens with one attached hydrogen (secondary N) is 1. The van der Waals surface area contributed by atoms with Crippen molar-refractivity contribution < 1.29 is 14.7 Å². The fraction of sp³-hybridized carbons (Fsp3) is 0.417. The minimum atomic E-state index is -1.05. The van der Waals surface area contributed by atoms with Crippen molar-refractivity contribution in [2.24, 2.45) is 0 Å². The van der Waals surface area contributed by atoms with Gasteiger partial charge in [-0.1, -0.05) is 6.07 Å². The Morgan fingerprint density at radius 1 is 1.61 bits per heavy atom. The molecule has 1 unspecified atom stereocenters. The van der Waals surface area contributed by atoms with E-state index in [-0.39, 0.29) is 17.6 Å². The normalized spacial score (nSPS) is 19.3. The lowest BCUT2D eigenvalue weighted by Gasteiger charge is -2.11. The lowest BCUT2D eigenvalue weighted by molar-refractivity contribution is -0.128. The number of likely N-dealkylation sites (tertiary alicyclic amines) is 1. The van der Waals surface area contributed by atoms with Crippen molar-refractivity contribution in [3.8, 4) is 0 Å². The van der Waals surface area contributed by atoms with Gasteiger partial charge in [-0.2, -0.15) is 0 Å². The molecule has 1 atom stereocenters. The molecular weight excluding hydrogens is 234 g/mol. The van der Waals surface area contributed by atoms with Gasteiger partial charge in [-0.15, -0.1) is 0 Å². The van der Waals surface area contributed by atoms with Gasteiger partial charge in [0.2, 0.25) is 5.91 Å². The highest BCUT2D eigenvalue weighted by Gasteiger charge is 2.28. The van der Waals surface area contributed by atoms with Crippen LogP contribution in [-0.4, -0.2) is 46.5 Å². The summed E-state index contributed by atoms with van der Waals surface area (Å²) < 4.78 is 0. The summed E-state index contributed by atoms with van der Waals surface area (Å²) in [5, 5.41) is 11.9. The number of carbonyl (C=O) groups is 2. The average molecular weight is 249 g/mol. The molecule has 1 fully saturated rings. The van der Waals surface area contributed by atoms with Crippen LogP contribution < -0.4 is 5.32 Å². The van der Waals surface area contributed by atoms with Crippen LogP contribution in [0, 0.1) is 0 Å². The van der Waals surface area contributed by atoms with Crippen LogP contribution in [0.5, 0.6) is 0 Å². The number of carbonyl (C=O) groups excluding carboxylic acids is 1. The van der Waals surface area contributed by atoms with E-state index in [1.807, 2.05) is 0 Å². The van der Waals surface area contributed by atoms with E-state index in [4.69, 9.17) is 5.11 Å². The van der Waals surface area contributed by atoms with Crippen molar-refractivity contribution in [2.45, 2.75) is 19.0 Å². The zero-order valence-electron chi connectivity index (χ0n) is 10.1. The van der Waals surface area contributed by atoms with E-state index in [9.17, 15) is 9.59 Å². The van der Waals surface area contributed by atoms with Crippen LogP contribution in [0.1, 0.15) is 22.6 Å². The Hall–Kier alpha value is -1.95. The second kappa shape index (κ2) is 5.14. The summed E-state index contributed by atoms with van der Waals surface area (Å²) in [6, 6.07) is 4.64. The molecule has 1 aromatic heterocycles. The highest BCUT2D eigenvalue weighted by molar-refractivity contribution is 5.85. The maximum absolute atomic E-state index is 11.7. The van der Waals surface area contributed by atoms with Gasteiger partial charge >= 0.3 is 5.97 Å². The molecular formula is C12H15N3O3. The standard InChI is InChI=1S/C12H15N3O3/c1-15-6-5-9(11(15)16)13-7-8-3-2-4-10(14-8)12(17)18/h2-4,9,13H,5-7H2,1H3,(H,17,18). The van der Waals surface area contributed by atoms with Crippen LogP contribution in [-0.2, 0) is 11.3 Å². The number of nitrogens with zero attached hydrogens (tertiary/aromatic N) is 2. The number of carboxylic acid groups (broad SMARTS) is 1. The number of aromatic carboxylic acids is 1. The molecule has 2 heterocycles. The summed E-state index contributed by atoms with van der Waals surface area (Å²) in [5.41, 5.74) is 0.640. The van der Waals surface area contributed by atoms with Crippen LogP contribution >= 0.6 is 0 Å². The number of likely N-dealkylation sites (N-methyl/N-ethyl adjacent to an activating group) is 1. The second-order valence-corrected chi connectivity index (χ2v) is 4.30. The third kappa shape index (κ3) is 2.65. The van der Waals surface area contributed by atoms with E-state index in [0.717, 1.165) is 13.0 Å². The van der Waals surface area contributed by atoms with Crippen LogP contribution in [0.15, 0.2) is 18.2 Å². The van der Waals surface area contributed by atoms with Crippen molar-refractivity contribution in [1.29, 1.82) is 0 Å². The first-order valence-corrected chi connectivity index (χ1v) is 5.75. The summed E-state index contributed by atoms with van der Waals surface area (Å²) in [7, 11) is 1.77. The van der Waals surface area contributed by atoms with Gasteiger partial charge in [-0.05, 0) is 18.6 Å². The van der Waals surface area contributed by atoms with Crippen LogP contribution in [0.4, 0.5) is 0 Å². The summed E-state index contributed by atoms with van der Waals surface area (Å²) in [6.45, 7) is 1.14. The number of carboxylic acids is 1. The van der Waals surface area contributed by atoms with E-state index in [2.05, 4.69) is 10.3 Å². The number of hydrogen-bond acceptors (Lipinski definition) is 4. The molecule has 1 amide bonds. The Bertz CT molecular complexity index is 475.